The van der Waals surface area contributed by atoms with Crippen molar-refractivity contribution in [3.8, 4) is 11.8 Å². The summed E-state index contributed by atoms with van der Waals surface area (Å²) in [4.78, 5) is 20.9. The number of rotatable bonds is 2. The number of benzene rings is 2. The minimum Gasteiger partial charge on any atom is -0.494 e. The molecule has 0 unspecified atom stereocenters. The zero-order chi connectivity index (χ0) is 28.6. The lowest BCUT2D eigenvalue weighted by atomic mass is 10.0. The van der Waals surface area contributed by atoms with Gasteiger partial charge >= 0.3 is 12.2 Å². The molecule has 0 radical (unpaired) electrons. The van der Waals surface area contributed by atoms with E-state index in [1.807, 2.05) is 24.3 Å². The third-order valence-corrected chi connectivity index (χ3v) is 6.35. The Hall–Kier alpha value is -3.86. The Labute approximate surface area is 231 Å². The summed E-state index contributed by atoms with van der Waals surface area (Å²) >= 11 is 0. The van der Waals surface area contributed by atoms with Crippen molar-refractivity contribution in [3.05, 3.63) is 77.0 Å². The highest BCUT2D eigenvalue weighted by Gasteiger charge is 2.29. The number of nitrogens with one attached hydrogen (secondary N) is 3. The molecule has 7 rings (SSSR count). The maximum absolute atomic E-state index is 12.8. The molecule has 2 aromatic carbocycles. The van der Waals surface area contributed by atoms with Gasteiger partial charge in [-0.3, -0.25) is 4.79 Å². The van der Waals surface area contributed by atoms with Crippen LogP contribution in [0.1, 0.15) is 53.9 Å². The van der Waals surface area contributed by atoms with E-state index in [9.17, 15) is 18.0 Å². The number of nitrogens with zero attached hydrogens (tertiary/aromatic N) is 2. The highest BCUT2D eigenvalue weighted by molar-refractivity contribution is 5.94. The molecule has 0 saturated carbocycles. The van der Waals surface area contributed by atoms with E-state index in [0.29, 0.717) is 43.2 Å². The minimum absolute atomic E-state index is 0.154. The maximum Gasteiger partial charge on any atom is 0.422 e. The highest BCUT2D eigenvalue weighted by atomic mass is 19.4. The summed E-state index contributed by atoms with van der Waals surface area (Å²) in [6.45, 7) is 4.94. The Bertz CT molecular complexity index is 1270. The molecular weight excluding hydrogens is 523 g/mol. The summed E-state index contributed by atoms with van der Waals surface area (Å²) in [6, 6.07) is 15.9. The molecule has 0 aliphatic carbocycles. The van der Waals surface area contributed by atoms with Gasteiger partial charge in [-0.05, 0) is 68.6 Å². The van der Waals surface area contributed by atoms with E-state index in [1.165, 1.54) is 0 Å². The highest BCUT2D eigenvalue weighted by Crippen LogP contribution is 2.21. The topological polar surface area (TPSA) is 97.4 Å². The van der Waals surface area contributed by atoms with Gasteiger partial charge in [-0.25, -0.2) is 0 Å². The molecule has 1 amide bonds. The lowest BCUT2D eigenvalue weighted by molar-refractivity contribution is -0.154. The first-order valence-corrected chi connectivity index (χ1v) is 13.2. The summed E-state index contributed by atoms with van der Waals surface area (Å²) < 4.78 is 49.0. The molecule has 0 fully saturated rings. The summed E-state index contributed by atoms with van der Waals surface area (Å²) in [6.07, 6.45) is -2.63. The zero-order valence-corrected chi connectivity index (χ0v) is 22.6. The Kier molecular flexibility index (Phi) is 9.46. The predicted octanol–water partition coefficient (Wildman–Crippen LogP) is 4.89. The second kappa shape index (κ2) is 13.0. The van der Waals surface area contributed by atoms with E-state index < -0.39 is 12.8 Å². The molecule has 0 atom stereocenters. The number of alkyl halides is 3. The van der Waals surface area contributed by atoms with E-state index in [0.717, 1.165) is 36.3 Å². The SMILES string of the molecule is CC1(C)CCNC(=O)c2ccc(cc2)Cc2cc(nc(OCC(F)(F)F)n2)NCc2ccc(cc2)OCCCN1. The van der Waals surface area contributed by atoms with Gasteiger partial charge in [0.2, 0.25) is 0 Å². The number of hydrogen-bond donors (Lipinski definition) is 3. The van der Waals surface area contributed by atoms with Crippen LogP contribution in [0.25, 0.3) is 0 Å². The fourth-order valence-electron chi connectivity index (χ4n) is 4.11. The molecule has 3 N–H and O–H groups in total. The number of aromatic nitrogens is 2. The lowest BCUT2D eigenvalue weighted by Gasteiger charge is -2.26. The van der Waals surface area contributed by atoms with Gasteiger partial charge in [0, 0.05) is 36.7 Å². The summed E-state index contributed by atoms with van der Waals surface area (Å²) in [5.74, 6) is 0.911. The van der Waals surface area contributed by atoms with Crippen molar-refractivity contribution >= 4 is 11.7 Å². The molecular formula is C29H34F3N5O3. The largest absolute Gasteiger partial charge is 0.494 e. The fourth-order valence-corrected chi connectivity index (χ4v) is 4.11. The van der Waals surface area contributed by atoms with Gasteiger partial charge < -0.3 is 25.4 Å². The Morgan fingerprint density at radius 1 is 0.975 bits per heavy atom. The van der Waals surface area contributed by atoms with Crippen molar-refractivity contribution in [2.45, 2.75) is 51.4 Å². The first kappa shape index (κ1) is 29.1. The molecule has 6 bridgehead atoms. The summed E-state index contributed by atoms with van der Waals surface area (Å²) in [5, 5.41) is 9.62. The Balaban J connectivity index is 1.55. The number of hydrogen-bond acceptors (Lipinski definition) is 7. The van der Waals surface area contributed by atoms with Crippen LogP contribution < -0.4 is 25.4 Å². The summed E-state index contributed by atoms with van der Waals surface area (Å²) in [7, 11) is 0. The molecule has 4 aliphatic rings. The van der Waals surface area contributed by atoms with Gasteiger partial charge in [0.05, 0.1) is 12.3 Å². The molecule has 11 heteroatoms. The molecule has 5 heterocycles. The third kappa shape index (κ3) is 9.41. The smallest absolute Gasteiger partial charge is 0.422 e. The van der Waals surface area contributed by atoms with Crippen LogP contribution in [0.3, 0.4) is 0 Å². The van der Waals surface area contributed by atoms with Gasteiger partial charge in [-0.2, -0.15) is 23.1 Å². The van der Waals surface area contributed by atoms with Crippen molar-refractivity contribution in [1.82, 2.24) is 20.6 Å². The first-order valence-electron chi connectivity index (χ1n) is 13.2. The molecule has 1 aromatic heterocycles. The van der Waals surface area contributed by atoms with Crippen LogP contribution >= 0.6 is 0 Å². The van der Waals surface area contributed by atoms with E-state index in [1.54, 1.807) is 30.3 Å². The van der Waals surface area contributed by atoms with Crippen molar-refractivity contribution in [3.63, 3.8) is 0 Å². The number of carbonyl (C=O) groups excluding carboxylic acids is 1. The second-order valence-corrected chi connectivity index (χ2v) is 10.3. The second-order valence-electron chi connectivity index (χ2n) is 10.3. The lowest BCUT2D eigenvalue weighted by Crippen LogP contribution is -2.43. The molecule has 4 aliphatic heterocycles. The van der Waals surface area contributed by atoms with Crippen LogP contribution in [0.2, 0.25) is 0 Å². The average Bonchev–Trinajstić information content (AvgIpc) is 2.90. The standard InChI is InChI=1S/C29H34F3N5O3/c1-28(2)12-14-33-26(38)22-8-4-20(5-9-22)16-23-17-25(37-27(36-23)40-19-29(30,31)32)34-18-21-6-10-24(11-7-21)39-15-3-13-35-28/h4-11,17,35H,3,12-16,18-19H2,1-2H3,(H,33,38)(H,34,36,37). The molecule has 0 spiro atoms. The molecule has 40 heavy (non-hydrogen) atoms. The zero-order valence-electron chi connectivity index (χ0n) is 22.6. The number of halogens is 3. The summed E-state index contributed by atoms with van der Waals surface area (Å²) in [5.41, 5.74) is 2.61. The van der Waals surface area contributed by atoms with Crippen LogP contribution in [-0.4, -0.2) is 53.9 Å². The molecule has 0 saturated heterocycles. The van der Waals surface area contributed by atoms with Crippen LogP contribution in [0.15, 0.2) is 54.6 Å². The van der Waals surface area contributed by atoms with Crippen molar-refractivity contribution in [2.24, 2.45) is 0 Å². The van der Waals surface area contributed by atoms with Crippen molar-refractivity contribution < 1.29 is 27.4 Å². The minimum atomic E-state index is -4.52. The number of carbonyl (C=O) groups is 1. The molecule has 8 nitrogen and oxygen atoms in total. The Morgan fingerprint density at radius 2 is 1.70 bits per heavy atom. The van der Waals surface area contributed by atoms with Gasteiger partial charge in [0.1, 0.15) is 11.6 Å². The number of anilines is 1. The van der Waals surface area contributed by atoms with Crippen LogP contribution in [0.4, 0.5) is 19.0 Å². The van der Waals surface area contributed by atoms with E-state index in [2.05, 4.69) is 39.8 Å². The molecule has 214 valence electrons. The predicted molar refractivity (Wildman–Crippen MR) is 146 cm³/mol. The van der Waals surface area contributed by atoms with Crippen LogP contribution in [-0.2, 0) is 13.0 Å². The Morgan fingerprint density at radius 3 is 2.42 bits per heavy atom. The fraction of sp³-hybridized carbons (Fsp3) is 0.414. The third-order valence-electron chi connectivity index (χ3n) is 6.35. The quantitative estimate of drug-likeness (QED) is 0.413. The van der Waals surface area contributed by atoms with E-state index >= 15 is 0 Å². The van der Waals surface area contributed by atoms with E-state index in [-0.39, 0.29) is 17.5 Å². The van der Waals surface area contributed by atoms with Crippen LogP contribution in [0, 0.1) is 0 Å². The normalized spacial score (nSPS) is 16.8. The van der Waals surface area contributed by atoms with Gasteiger partial charge in [0.25, 0.3) is 5.91 Å². The van der Waals surface area contributed by atoms with Gasteiger partial charge in [-0.1, -0.05) is 24.3 Å². The average molecular weight is 558 g/mol. The molecule has 3 aromatic rings. The van der Waals surface area contributed by atoms with Crippen molar-refractivity contribution in [1.29, 1.82) is 0 Å². The van der Waals surface area contributed by atoms with E-state index in [4.69, 9.17) is 9.47 Å². The maximum atomic E-state index is 12.8. The van der Waals surface area contributed by atoms with Gasteiger partial charge in [-0.15, -0.1) is 0 Å². The van der Waals surface area contributed by atoms with Crippen LogP contribution in [0.5, 0.6) is 11.8 Å². The van der Waals surface area contributed by atoms with Gasteiger partial charge in [0.15, 0.2) is 6.61 Å². The first-order chi connectivity index (χ1) is 19.0. The monoisotopic (exact) mass is 557 g/mol. The number of ether oxygens (including phenoxy) is 2. The number of amides is 1. The van der Waals surface area contributed by atoms with Crippen molar-refractivity contribution in [2.75, 3.05) is 31.6 Å².